The highest BCUT2D eigenvalue weighted by molar-refractivity contribution is 5.92. The largest absolute Gasteiger partial charge is 0.336 e. The number of anilines is 1. The van der Waals surface area contributed by atoms with Crippen molar-refractivity contribution >= 4 is 12.0 Å². The van der Waals surface area contributed by atoms with E-state index < -0.39 is 0 Å². The van der Waals surface area contributed by atoms with E-state index in [0.717, 1.165) is 5.82 Å². The number of urea groups is 1. The van der Waals surface area contributed by atoms with Crippen molar-refractivity contribution in [3.8, 4) is 0 Å². The Kier molecular flexibility index (Phi) is 3.04. The molecule has 94 valence electrons. The van der Waals surface area contributed by atoms with E-state index in [2.05, 4.69) is 43.1 Å². The van der Waals surface area contributed by atoms with Crippen LogP contribution in [0.15, 0.2) is 0 Å². The van der Waals surface area contributed by atoms with Gasteiger partial charge in [-0.1, -0.05) is 13.8 Å². The molecule has 6 heteroatoms. The molecule has 6 nitrogen and oxygen atoms in total. The average Bonchev–Trinajstić information content (AvgIpc) is 2.82. The molecule has 2 heterocycles. The first-order chi connectivity index (χ1) is 8.00. The Bertz CT molecular complexity index is 398. The third-order valence-corrected chi connectivity index (χ3v) is 2.75. The van der Waals surface area contributed by atoms with Gasteiger partial charge in [-0.15, -0.1) is 5.10 Å². The van der Waals surface area contributed by atoms with E-state index in [1.807, 2.05) is 4.68 Å². The Labute approximate surface area is 101 Å². The number of nitrogens with zero attached hydrogens (tertiary/aromatic N) is 4. The lowest BCUT2D eigenvalue weighted by atomic mass is 10.2. The quantitative estimate of drug-likeness (QED) is 0.866. The van der Waals surface area contributed by atoms with Crippen molar-refractivity contribution in [2.24, 2.45) is 0 Å². The average molecular weight is 237 g/mol. The van der Waals surface area contributed by atoms with Crippen LogP contribution in [0.3, 0.4) is 0 Å². The Balaban J connectivity index is 2.36. The molecule has 1 N–H and O–H groups in total. The molecule has 0 unspecified atom stereocenters. The normalized spacial score (nSPS) is 16.1. The number of amides is 2. The zero-order chi connectivity index (χ0) is 12.6. The van der Waals surface area contributed by atoms with Crippen molar-refractivity contribution in [1.29, 1.82) is 0 Å². The summed E-state index contributed by atoms with van der Waals surface area (Å²) in [6, 6.07) is 0.139. The molecule has 17 heavy (non-hydrogen) atoms. The van der Waals surface area contributed by atoms with Gasteiger partial charge in [0.05, 0.1) is 0 Å². The van der Waals surface area contributed by atoms with Crippen LogP contribution in [0.4, 0.5) is 10.7 Å². The standard InChI is InChI=1S/C11H19N5O/c1-7(2)9-13-10(14-16(9)8(3)4)15-6-5-12-11(15)17/h7-8H,5-6H2,1-4H3,(H,12,17). The van der Waals surface area contributed by atoms with Crippen molar-refractivity contribution in [2.45, 2.75) is 39.7 Å². The molecule has 0 saturated carbocycles. The molecule has 1 saturated heterocycles. The molecule has 0 atom stereocenters. The summed E-state index contributed by atoms with van der Waals surface area (Å²) in [6.07, 6.45) is 0. The zero-order valence-corrected chi connectivity index (χ0v) is 10.8. The van der Waals surface area contributed by atoms with E-state index >= 15 is 0 Å². The molecule has 1 aliphatic heterocycles. The van der Waals surface area contributed by atoms with E-state index in [-0.39, 0.29) is 12.1 Å². The predicted molar refractivity (Wildman–Crippen MR) is 65.2 cm³/mol. The molecule has 0 spiro atoms. The van der Waals surface area contributed by atoms with E-state index in [4.69, 9.17) is 0 Å². The van der Waals surface area contributed by atoms with Crippen molar-refractivity contribution in [3.05, 3.63) is 5.82 Å². The van der Waals surface area contributed by atoms with E-state index in [0.29, 0.717) is 25.0 Å². The second kappa shape index (κ2) is 4.35. The SMILES string of the molecule is CC(C)c1nc(N2CCNC2=O)nn1C(C)C. The molecule has 1 aliphatic rings. The van der Waals surface area contributed by atoms with Crippen LogP contribution < -0.4 is 10.2 Å². The highest BCUT2D eigenvalue weighted by atomic mass is 16.2. The monoisotopic (exact) mass is 237 g/mol. The Hall–Kier alpha value is -1.59. The highest BCUT2D eigenvalue weighted by Gasteiger charge is 2.27. The van der Waals surface area contributed by atoms with Crippen LogP contribution in [0.2, 0.25) is 0 Å². The van der Waals surface area contributed by atoms with Crippen LogP contribution in [-0.4, -0.2) is 33.9 Å². The van der Waals surface area contributed by atoms with Gasteiger partial charge in [-0.2, -0.15) is 4.98 Å². The van der Waals surface area contributed by atoms with Crippen LogP contribution in [0.25, 0.3) is 0 Å². The molecule has 2 amide bonds. The van der Waals surface area contributed by atoms with Gasteiger partial charge in [-0.05, 0) is 13.8 Å². The third kappa shape index (κ3) is 2.11. The molecule has 1 aromatic rings. The summed E-state index contributed by atoms with van der Waals surface area (Å²) in [4.78, 5) is 17.6. The van der Waals surface area contributed by atoms with Crippen molar-refractivity contribution in [1.82, 2.24) is 20.1 Å². The molecular weight excluding hydrogens is 218 g/mol. The summed E-state index contributed by atoms with van der Waals surface area (Å²) >= 11 is 0. The van der Waals surface area contributed by atoms with Crippen molar-refractivity contribution < 1.29 is 4.79 Å². The lowest BCUT2D eigenvalue weighted by Crippen LogP contribution is -2.28. The molecule has 0 aromatic carbocycles. The van der Waals surface area contributed by atoms with Gasteiger partial charge >= 0.3 is 6.03 Å². The fourth-order valence-corrected chi connectivity index (χ4v) is 1.87. The first kappa shape index (κ1) is 11.9. The van der Waals surface area contributed by atoms with Gasteiger partial charge < -0.3 is 5.32 Å². The third-order valence-electron chi connectivity index (χ3n) is 2.75. The molecular formula is C11H19N5O. The van der Waals surface area contributed by atoms with Crippen LogP contribution in [-0.2, 0) is 0 Å². The summed E-state index contributed by atoms with van der Waals surface area (Å²) in [6.45, 7) is 9.58. The van der Waals surface area contributed by atoms with Gasteiger partial charge in [-0.25, -0.2) is 9.48 Å². The number of aromatic nitrogens is 3. The van der Waals surface area contributed by atoms with Crippen LogP contribution in [0.1, 0.15) is 45.5 Å². The van der Waals surface area contributed by atoms with E-state index in [1.54, 1.807) is 4.90 Å². The summed E-state index contributed by atoms with van der Waals surface area (Å²) < 4.78 is 1.89. The van der Waals surface area contributed by atoms with Crippen molar-refractivity contribution in [2.75, 3.05) is 18.0 Å². The second-order valence-corrected chi connectivity index (χ2v) is 4.85. The molecule has 1 fully saturated rings. The van der Waals surface area contributed by atoms with Gasteiger partial charge in [-0.3, -0.25) is 4.90 Å². The van der Waals surface area contributed by atoms with Gasteiger partial charge in [0.25, 0.3) is 5.95 Å². The van der Waals surface area contributed by atoms with Crippen LogP contribution in [0.5, 0.6) is 0 Å². The molecule has 1 aromatic heterocycles. The van der Waals surface area contributed by atoms with Crippen LogP contribution in [0, 0.1) is 0 Å². The maximum absolute atomic E-state index is 11.6. The summed E-state index contributed by atoms with van der Waals surface area (Å²) in [5.41, 5.74) is 0. The molecule has 0 aliphatic carbocycles. The summed E-state index contributed by atoms with van der Waals surface area (Å²) in [7, 11) is 0. The predicted octanol–water partition coefficient (Wildman–Crippen LogP) is 1.51. The van der Waals surface area contributed by atoms with Gasteiger partial charge in [0.1, 0.15) is 5.82 Å². The van der Waals surface area contributed by atoms with Gasteiger partial charge in [0.15, 0.2) is 0 Å². The van der Waals surface area contributed by atoms with Crippen LogP contribution >= 0.6 is 0 Å². The summed E-state index contributed by atoms with van der Waals surface area (Å²) in [5, 5.41) is 7.19. The van der Waals surface area contributed by atoms with E-state index in [1.165, 1.54) is 0 Å². The number of nitrogens with one attached hydrogen (secondary N) is 1. The second-order valence-electron chi connectivity index (χ2n) is 4.85. The molecule has 0 bridgehead atoms. The first-order valence-electron chi connectivity index (χ1n) is 6.02. The minimum Gasteiger partial charge on any atom is -0.336 e. The fraction of sp³-hybridized carbons (Fsp3) is 0.727. The van der Waals surface area contributed by atoms with Gasteiger partial charge in [0.2, 0.25) is 0 Å². The number of carbonyl (C=O) groups is 1. The topological polar surface area (TPSA) is 63.1 Å². The smallest absolute Gasteiger partial charge is 0.324 e. The number of rotatable bonds is 3. The highest BCUT2D eigenvalue weighted by Crippen LogP contribution is 2.21. The Morgan fingerprint density at radius 2 is 2.00 bits per heavy atom. The maximum atomic E-state index is 11.6. The Morgan fingerprint density at radius 3 is 2.41 bits per heavy atom. The summed E-state index contributed by atoms with van der Waals surface area (Å²) in [5.74, 6) is 1.73. The molecule has 2 rings (SSSR count). The lowest BCUT2D eigenvalue weighted by Gasteiger charge is -2.10. The number of hydrogen-bond donors (Lipinski definition) is 1. The zero-order valence-electron chi connectivity index (χ0n) is 10.8. The maximum Gasteiger partial charge on any atom is 0.324 e. The van der Waals surface area contributed by atoms with Crippen molar-refractivity contribution in [3.63, 3.8) is 0 Å². The van der Waals surface area contributed by atoms with E-state index in [9.17, 15) is 4.79 Å². The fourth-order valence-electron chi connectivity index (χ4n) is 1.87. The Morgan fingerprint density at radius 1 is 1.29 bits per heavy atom. The minimum absolute atomic E-state index is 0.110. The lowest BCUT2D eigenvalue weighted by molar-refractivity contribution is 0.252. The molecule has 0 radical (unpaired) electrons. The minimum atomic E-state index is -0.110. The van der Waals surface area contributed by atoms with Gasteiger partial charge in [0, 0.05) is 25.0 Å². The number of carbonyl (C=O) groups excluding carboxylic acids is 1. The number of hydrogen-bond acceptors (Lipinski definition) is 3. The first-order valence-corrected chi connectivity index (χ1v) is 6.02.